The van der Waals surface area contributed by atoms with Crippen molar-refractivity contribution in [2.45, 2.75) is 0 Å². The number of anilines is 1. The first-order valence-electron chi connectivity index (χ1n) is 3.18. The Labute approximate surface area is 79.3 Å². The average molecular weight is 261 g/mol. The molecule has 0 heterocycles. The molecule has 1 aromatic rings. The number of benzene rings is 1. The van der Waals surface area contributed by atoms with E-state index in [0.717, 1.165) is 15.7 Å². The SMILES string of the molecule is CN(C=O)c1ccccc1I. The highest BCUT2D eigenvalue weighted by atomic mass is 127. The predicted molar refractivity (Wildman–Crippen MR) is 53.6 cm³/mol. The van der Waals surface area contributed by atoms with Crippen LogP contribution in [-0.4, -0.2) is 13.5 Å². The largest absolute Gasteiger partial charge is 0.317 e. The van der Waals surface area contributed by atoms with Gasteiger partial charge in [-0.2, -0.15) is 0 Å². The van der Waals surface area contributed by atoms with Crippen LogP contribution >= 0.6 is 22.6 Å². The molecule has 1 aromatic carbocycles. The quantitative estimate of drug-likeness (QED) is 0.588. The number of carbonyl (C=O) groups excluding carboxylic acids is 1. The van der Waals surface area contributed by atoms with Crippen LogP contribution in [0.1, 0.15) is 0 Å². The van der Waals surface area contributed by atoms with Crippen LogP contribution in [-0.2, 0) is 4.79 Å². The van der Waals surface area contributed by atoms with Crippen molar-refractivity contribution >= 4 is 34.7 Å². The highest BCUT2D eigenvalue weighted by molar-refractivity contribution is 14.1. The molecule has 0 unspecified atom stereocenters. The Hall–Kier alpha value is -0.580. The van der Waals surface area contributed by atoms with Gasteiger partial charge in [0.05, 0.1) is 5.69 Å². The lowest BCUT2D eigenvalue weighted by atomic mass is 10.3. The van der Waals surface area contributed by atoms with Gasteiger partial charge < -0.3 is 4.90 Å². The molecule has 1 rings (SSSR count). The van der Waals surface area contributed by atoms with Gasteiger partial charge in [-0.05, 0) is 34.7 Å². The van der Waals surface area contributed by atoms with E-state index in [2.05, 4.69) is 22.6 Å². The minimum atomic E-state index is 0.803. The Morgan fingerprint density at radius 2 is 2.09 bits per heavy atom. The molecule has 0 saturated heterocycles. The molecule has 0 fully saturated rings. The van der Waals surface area contributed by atoms with Crippen LogP contribution in [0.2, 0.25) is 0 Å². The summed E-state index contributed by atoms with van der Waals surface area (Å²) in [7, 11) is 1.74. The van der Waals surface area contributed by atoms with Crippen molar-refractivity contribution < 1.29 is 4.79 Å². The Kier molecular flexibility index (Phi) is 2.87. The van der Waals surface area contributed by atoms with Gasteiger partial charge in [-0.15, -0.1) is 0 Å². The van der Waals surface area contributed by atoms with Gasteiger partial charge in [0.25, 0.3) is 0 Å². The number of rotatable bonds is 2. The van der Waals surface area contributed by atoms with Crippen LogP contribution < -0.4 is 4.90 Å². The standard InChI is InChI=1S/C8H8INO/c1-10(6-11)8-5-3-2-4-7(8)9/h2-6H,1H3. The topological polar surface area (TPSA) is 20.3 Å². The number of nitrogens with zero attached hydrogens (tertiary/aromatic N) is 1. The van der Waals surface area contributed by atoms with E-state index in [9.17, 15) is 4.79 Å². The van der Waals surface area contributed by atoms with Crippen LogP contribution in [0.5, 0.6) is 0 Å². The fraction of sp³-hybridized carbons (Fsp3) is 0.125. The normalized spacial score (nSPS) is 9.27. The van der Waals surface area contributed by atoms with E-state index in [0.29, 0.717) is 0 Å². The first kappa shape index (κ1) is 8.52. The van der Waals surface area contributed by atoms with Crippen LogP contribution in [0, 0.1) is 3.57 Å². The van der Waals surface area contributed by atoms with E-state index in [1.54, 1.807) is 11.9 Å². The minimum absolute atomic E-state index is 0.803. The number of hydrogen-bond acceptors (Lipinski definition) is 1. The lowest BCUT2D eigenvalue weighted by molar-refractivity contribution is -0.107. The maximum Gasteiger partial charge on any atom is 0.213 e. The lowest BCUT2D eigenvalue weighted by Crippen LogP contribution is -2.14. The maximum absolute atomic E-state index is 10.4. The van der Waals surface area contributed by atoms with Gasteiger partial charge in [-0.25, -0.2) is 0 Å². The zero-order chi connectivity index (χ0) is 8.27. The molecule has 0 aliphatic rings. The highest BCUT2D eigenvalue weighted by Gasteiger charge is 2.00. The Balaban J connectivity index is 3.02. The van der Waals surface area contributed by atoms with Crippen molar-refractivity contribution in [3.05, 3.63) is 27.8 Å². The number of amides is 1. The molecule has 1 amide bonds. The van der Waals surface area contributed by atoms with E-state index in [1.165, 1.54) is 0 Å². The Morgan fingerprint density at radius 1 is 1.45 bits per heavy atom. The molecule has 0 aromatic heterocycles. The third-order valence-electron chi connectivity index (χ3n) is 1.39. The number of halogens is 1. The van der Waals surface area contributed by atoms with Crippen LogP contribution in [0.3, 0.4) is 0 Å². The first-order valence-corrected chi connectivity index (χ1v) is 4.26. The summed E-state index contributed by atoms with van der Waals surface area (Å²) in [5.41, 5.74) is 0.947. The molecule has 0 N–H and O–H groups in total. The summed E-state index contributed by atoms with van der Waals surface area (Å²) >= 11 is 2.20. The summed E-state index contributed by atoms with van der Waals surface area (Å²) < 4.78 is 1.08. The number of para-hydroxylation sites is 1. The summed E-state index contributed by atoms with van der Waals surface area (Å²) in [5, 5.41) is 0. The average Bonchev–Trinajstić information content (AvgIpc) is 2.04. The fourth-order valence-electron chi connectivity index (χ4n) is 0.795. The van der Waals surface area contributed by atoms with Gasteiger partial charge in [0.15, 0.2) is 0 Å². The number of hydrogen-bond donors (Lipinski definition) is 0. The third kappa shape index (κ3) is 1.92. The van der Waals surface area contributed by atoms with Gasteiger partial charge >= 0.3 is 0 Å². The summed E-state index contributed by atoms with van der Waals surface area (Å²) in [4.78, 5) is 11.9. The van der Waals surface area contributed by atoms with E-state index < -0.39 is 0 Å². The Morgan fingerprint density at radius 3 is 2.64 bits per heavy atom. The van der Waals surface area contributed by atoms with Gasteiger partial charge in [0.1, 0.15) is 0 Å². The molecule has 0 spiro atoms. The molecule has 0 saturated carbocycles. The van der Waals surface area contributed by atoms with Crippen molar-refractivity contribution in [1.82, 2.24) is 0 Å². The van der Waals surface area contributed by atoms with Crippen molar-refractivity contribution in [1.29, 1.82) is 0 Å². The molecule has 58 valence electrons. The fourth-order valence-corrected chi connectivity index (χ4v) is 1.56. The van der Waals surface area contributed by atoms with E-state index in [4.69, 9.17) is 0 Å². The molecule has 3 heteroatoms. The van der Waals surface area contributed by atoms with Crippen LogP contribution in [0.15, 0.2) is 24.3 Å². The molecule has 2 nitrogen and oxygen atoms in total. The second kappa shape index (κ2) is 3.71. The van der Waals surface area contributed by atoms with Gasteiger partial charge in [0.2, 0.25) is 6.41 Å². The van der Waals surface area contributed by atoms with Crippen molar-refractivity contribution in [3.8, 4) is 0 Å². The Bertz CT molecular complexity index is 262. The molecule has 0 bridgehead atoms. The molecular weight excluding hydrogens is 253 g/mol. The highest BCUT2D eigenvalue weighted by Crippen LogP contribution is 2.19. The zero-order valence-electron chi connectivity index (χ0n) is 6.12. The number of carbonyl (C=O) groups is 1. The zero-order valence-corrected chi connectivity index (χ0v) is 8.28. The molecule has 11 heavy (non-hydrogen) atoms. The van der Waals surface area contributed by atoms with Crippen LogP contribution in [0.4, 0.5) is 5.69 Å². The van der Waals surface area contributed by atoms with E-state index >= 15 is 0 Å². The molecule has 0 atom stereocenters. The van der Waals surface area contributed by atoms with Gasteiger partial charge in [0, 0.05) is 10.6 Å². The first-order chi connectivity index (χ1) is 5.25. The van der Waals surface area contributed by atoms with Crippen molar-refractivity contribution in [2.75, 3.05) is 11.9 Å². The minimum Gasteiger partial charge on any atom is -0.317 e. The molecule has 0 aliphatic carbocycles. The van der Waals surface area contributed by atoms with Gasteiger partial charge in [-0.1, -0.05) is 12.1 Å². The maximum atomic E-state index is 10.4. The van der Waals surface area contributed by atoms with Crippen molar-refractivity contribution in [2.24, 2.45) is 0 Å². The third-order valence-corrected chi connectivity index (χ3v) is 2.30. The monoisotopic (exact) mass is 261 g/mol. The summed E-state index contributed by atoms with van der Waals surface area (Å²) in [6.45, 7) is 0. The summed E-state index contributed by atoms with van der Waals surface area (Å²) in [5.74, 6) is 0. The second-order valence-electron chi connectivity index (χ2n) is 2.17. The molecule has 0 aliphatic heterocycles. The lowest BCUT2D eigenvalue weighted by Gasteiger charge is -2.11. The van der Waals surface area contributed by atoms with Gasteiger partial charge in [-0.3, -0.25) is 4.79 Å². The predicted octanol–water partition coefficient (Wildman–Crippen LogP) is 1.88. The summed E-state index contributed by atoms with van der Waals surface area (Å²) in [6, 6.07) is 7.74. The van der Waals surface area contributed by atoms with Crippen LogP contribution in [0.25, 0.3) is 0 Å². The molecule has 0 radical (unpaired) electrons. The van der Waals surface area contributed by atoms with Crippen molar-refractivity contribution in [3.63, 3.8) is 0 Å². The molecular formula is C8H8INO. The van der Waals surface area contributed by atoms with E-state index in [-0.39, 0.29) is 0 Å². The second-order valence-corrected chi connectivity index (χ2v) is 3.33. The smallest absolute Gasteiger partial charge is 0.213 e. The summed E-state index contributed by atoms with van der Waals surface area (Å²) in [6.07, 6.45) is 0.803. The van der Waals surface area contributed by atoms with E-state index in [1.807, 2.05) is 24.3 Å².